The molecule has 2 aromatic heterocycles. The first-order valence-corrected chi connectivity index (χ1v) is 12.0. The molecule has 5 rings (SSSR count). The molecule has 8 heteroatoms. The van der Waals surface area contributed by atoms with Crippen LogP contribution in [0.4, 0.5) is 11.6 Å². The summed E-state index contributed by atoms with van der Waals surface area (Å²) in [6, 6.07) is 16.2. The summed E-state index contributed by atoms with van der Waals surface area (Å²) in [5.41, 5.74) is 1.90. The largest absolute Gasteiger partial charge is 0.353 e. The number of piperazine rings is 2. The Kier molecular flexibility index (Phi) is 6.05. The molecule has 0 unspecified atom stereocenters. The van der Waals surface area contributed by atoms with Gasteiger partial charge in [0, 0.05) is 62.8 Å². The van der Waals surface area contributed by atoms with Crippen LogP contribution < -0.4 is 9.80 Å². The van der Waals surface area contributed by atoms with E-state index in [1.807, 2.05) is 35.2 Å². The van der Waals surface area contributed by atoms with Crippen LogP contribution in [0.5, 0.6) is 0 Å². The van der Waals surface area contributed by atoms with Crippen LogP contribution in [-0.4, -0.2) is 85.3 Å². The highest BCUT2D eigenvalue weighted by atomic mass is 32.1. The molecule has 2 aliphatic rings. The van der Waals surface area contributed by atoms with Crippen molar-refractivity contribution < 1.29 is 4.79 Å². The van der Waals surface area contributed by atoms with Crippen LogP contribution in [-0.2, 0) is 0 Å². The lowest BCUT2D eigenvalue weighted by Gasteiger charge is -2.36. The van der Waals surface area contributed by atoms with E-state index < -0.39 is 0 Å². The maximum Gasteiger partial charge on any atom is 0.253 e. The maximum absolute atomic E-state index is 13.0. The van der Waals surface area contributed by atoms with E-state index in [1.54, 1.807) is 11.3 Å². The Bertz CT molecular complexity index is 1020. The van der Waals surface area contributed by atoms with Gasteiger partial charge in [-0.05, 0) is 48.3 Å². The Morgan fingerprint density at radius 3 is 1.91 bits per heavy atom. The van der Waals surface area contributed by atoms with Crippen LogP contribution in [0.3, 0.4) is 0 Å². The minimum atomic E-state index is 0.0962. The number of anilines is 2. The van der Waals surface area contributed by atoms with Crippen LogP contribution in [0.15, 0.2) is 53.9 Å². The molecule has 0 aliphatic carbocycles. The van der Waals surface area contributed by atoms with Gasteiger partial charge >= 0.3 is 0 Å². The van der Waals surface area contributed by atoms with Gasteiger partial charge in [0.2, 0.25) is 0 Å². The molecule has 7 nitrogen and oxygen atoms in total. The minimum absolute atomic E-state index is 0.0962. The normalized spacial score (nSPS) is 17.6. The monoisotopic (exact) mass is 448 g/mol. The minimum Gasteiger partial charge on any atom is -0.353 e. The number of benzene rings is 1. The van der Waals surface area contributed by atoms with Gasteiger partial charge in [-0.3, -0.25) is 4.79 Å². The highest BCUT2D eigenvalue weighted by molar-refractivity contribution is 7.13. The number of thiophene rings is 1. The van der Waals surface area contributed by atoms with Crippen molar-refractivity contribution in [1.82, 2.24) is 20.0 Å². The van der Waals surface area contributed by atoms with Gasteiger partial charge in [0.15, 0.2) is 11.6 Å². The second-order valence-corrected chi connectivity index (χ2v) is 9.32. The summed E-state index contributed by atoms with van der Waals surface area (Å²) in [5, 5.41) is 11.0. The van der Waals surface area contributed by atoms with E-state index in [1.165, 1.54) is 4.88 Å². The lowest BCUT2D eigenvalue weighted by Crippen LogP contribution is -2.49. The van der Waals surface area contributed by atoms with E-state index in [0.29, 0.717) is 13.1 Å². The summed E-state index contributed by atoms with van der Waals surface area (Å²) in [6.45, 7) is 6.98. The highest BCUT2D eigenvalue weighted by Crippen LogP contribution is 2.25. The molecule has 2 fully saturated rings. The highest BCUT2D eigenvalue weighted by Gasteiger charge is 2.23. The third kappa shape index (κ3) is 4.47. The zero-order valence-electron chi connectivity index (χ0n) is 18.4. The number of carbonyl (C=O) groups excluding carboxylic acids is 1. The first-order chi connectivity index (χ1) is 15.7. The number of amides is 1. The summed E-state index contributed by atoms with van der Waals surface area (Å²) in [5.74, 6) is 1.93. The maximum atomic E-state index is 13.0. The third-order valence-electron chi connectivity index (χ3n) is 6.29. The molecule has 0 atom stereocenters. The topological polar surface area (TPSA) is 55.8 Å². The second kappa shape index (κ2) is 9.26. The van der Waals surface area contributed by atoms with Crippen molar-refractivity contribution in [3.05, 3.63) is 59.5 Å². The molecule has 3 aromatic rings. The lowest BCUT2D eigenvalue weighted by atomic mass is 10.1. The van der Waals surface area contributed by atoms with Crippen molar-refractivity contribution in [3.63, 3.8) is 0 Å². The summed E-state index contributed by atoms with van der Waals surface area (Å²) in [4.78, 5) is 22.9. The molecule has 1 amide bonds. The quantitative estimate of drug-likeness (QED) is 0.612. The molecule has 2 saturated heterocycles. The van der Waals surface area contributed by atoms with E-state index >= 15 is 0 Å². The standard InChI is InChI=1S/C24H28N6OS/c1-27-10-12-28(13-11-27)22-8-9-23(26-25-22)29-14-16-30(17-15-29)24(31)20-6-4-19(5-7-20)21-3-2-18-32-21/h2-9,18H,10-17H2,1H3. The summed E-state index contributed by atoms with van der Waals surface area (Å²) in [7, 11) is 2.15. The molecule has 0 spiro atoms. The predicted molar refractivity (Wildman–Crippen MR) is 130 cm³/mol. The third-order valence-corrected chi connectivity index (χ3v) is 7.21. The van der Waals surface area contributed by atoms with Gasteiger partial charge in [-0.2, -0.15) is 0 Å². The van der Waals surface area contributed by atoms with Crippen LogP contribution in [0, 0.1) is 0 Å². The fourth-order valence-corrected chi connectivity index (χ4v) is 4.97. The van der Waals surface area contributed by atoms with Gasteiger partial charge < -0.3 is 19.6 Å². The van der Waals surface area contributed by atoms with E-state index in [2.05, 4.69) is 55.5 Å². The molecule has 4 heterocycles. The lowest BCUT2D eigenvalue weighted by molar-refractivity contribution is 0.0746. The molecule has 1 aromatic carbocycles. The molecule has 0 radical (unpaired) electrons. The first kappa shape index (κ1) is 20.9. The average Bonchev–Trinajstić information content (AvgIpc) is 3.40. The van der Waals surface area contributed by atoms with Gasteiger partial charge in [-0.25, -0.2) is 0 Å². The second-order valence-electron chi connectivity index (χ2n) is 8.37. The Hall–Kier alpha value is -2.97. The Morgan fingerprint density at radius 1 is 0.781 bits per heavy atom. The van der Waals surface area contributed by atoms with Crippen LogP contribution in [0.25, 0.3) is 10.4 Å². The van der Waals surface area contributed by atoms with Crippen LogP contribution >= 0.6 is 11.3 Å². The molecule has 32 heavy (non-hydrogen) atoms. The first-order valence-electron chi connectivity index (χ1n) is 11.1. The van der Waals surface area contributed by atoms with Gasteiger partial charge in [-0.15, -0.1) is 21.5 Å². The van der Waals surface area contributed by atoms with Crippen molar-refractivity contribution in [1.29, 1.82) is 0 Å². The van der Waals surface area contributed by atoms with Crippen molar-refractivity contribution >= 4 is 28.9 Å². The molecule has 0 bridgehead atoms. The zero-order chi connectivity index (χ0) is 21.9. The molecule has 166 valence electrons. The number of likely N-dealkylation sites (N-methyl/N-ethyl adjacent to an activating group) is 1. The van der Waals surface area contributed by atoms with E-state index in [4.69, 9.17) is 0 Å². The fourth-order valence-electron chi connectivity index (χ4n) is 4.23. The van der Waals surface area contributed by atoms with Crippen LogP contribution in [0.1, 0.15) is 10.4 Å². The SMILES string of the molecule is CN1CCN(c2ccc(N3CCN(C(=O)c4ccc(-c5cccs5)cc4)CC3)nn2)CC1. The number of hydrogen-bond donors (Lipinski definition) is 0. The number of aromatic nitrogens is 2. The summed E-state index contributed by atoms with van der Waals surface area (Å²) >= 11 is 1.71. The molecule has 0 saturated carbocycles. The molecular weight excluding hydrogens is 420 g/mol. The Balaban J connectivity index is 1.16. The smallest absolute Gasteiger partial charge is 0.253 e. The van der Waals surface area contributed by atoms with Crippen molar-refractivity contribution in [3.8, 4) is 10.4 Å². The van der Waals surface area contributed by atoms with Gasteiger partial charge in [0.05, 0.1) is 0 Å². The van der Waals surface area contributed by atoms with Crippen molar-refractivity contribution in [2.75, 3.05) is 69.2 Å². The van der Waals surface area contributed by atoms with Gasteiger partial charge in [-0.1, -0.05) is 18.2 Å². The number of carbonyl (C=O) groups is 1. The molecular formula is C24H28N6OS. The van der Waals surface area contributed by atoms with E-state index in [9.17, 15) is 4.79 Å². The van der Waals surface area contributed by atoms with Crippen molar-refractivity contribution in [2.24, 2.45) is 0 Å². The number of hydrogen-bond acceptors (Lipinski definition) is 7. The molecule has 2 aliphatic heterocycles. The van der Waals surface area contributed by atoms with Crippen LogP contribution in [0.2, 0.25) is 0 Å². The Labute approximate surface area is 192 Å². The van der Waals surface area contributed by atoms with Gasteiger partial charge in [0.25, 0.3) is 5.91 Å². The Morgan fingerprint density at radius 2 is 1.38 bits per heavy atom. The summed E-state index contributed by atoms with van der Waals surface area (Å²) < 4.78 is 0. The van der Waals surface area contributed by atoms with Crippen molar-refractivity contribution in [2.45, 2.75) is 0 Å². The molecule has 0 N–H and O–H groups in total. The average molecular weight is 449 g/mol. The number of rotatable bonds is 4. The fraction of sp³-hybridized carbons (Fsp3) is 0.375. The number of nitrogens with zero attached hydrogens (tertiary/aromatic N) is 6. The zero-order valence-corrected chi connectivity index (χ0v) is 19.2. The van der Waals surface area contributed by atoms with E-state index in [-0.39, 0.29) is 5.91 Å². The van der Waals surface area contributed by atoms with Gasteiger partial charge in [0.1, 0.15) is 0 Å². The predicted octanol–water partition coefficient (Wildman–Crippen LogP) is 2.92. The summed E-state index contributed by atoms with van der Waals surface area (Å²) in [6.07, 6.45) is 0. The van der Waals surface area contributed by atoms with E-state index in [0.717, 1.165) is 62.0 Å².